The first-order chi connectivity index (χ1) is 7.43. The van der Waals surface area contributed by atoms with Gasteiger partial charge in [0.2, 0.25) is 0 Å². The van der Waals surface area contributed by atoms with Crippen molar-refractivity contribution in [3.8, 4) is 0 Å². The second kappa shape index (κ2) is 3.70. The lowest BCUT2D eigenvalue weighted by Gasteiger charge is -2.22. The van der Waals surface area contributed by atoms with E-state index in [0.29, 0.717) is 18.6 Å². The van der Waals surface area contributed by atoms with Gasteiger partial charge < -0.3 is 9.47 Å². The third-order valence-electron chi connectivity index (χ3n) is 2.90. The molecule has 2 atom stereocenters. The SMILES string of the molecule is C1=CC2=C(OCC3CO3)C=CCC2C=C1. The monoisotopic (exact) mass is 202 g/mol. The molecule has 2 unspecified atom stereocenters. The highest BCUT2D eigenvalue weighted by molar-refractivity contribution is 5.41. The maximum atomic E-state index is 5.76. The zero-order valence-corrected chi connectivity index (χ0v) is 8.56. The smallest absolute Gasteiger partial charge is 0.122 e. The van der Waals surface area contributed by atoms with E-state index in [1.807, 2.05) is 0 Å². The number of hydrogen-bond acceptors (Lipinski definition) is 2. The summed E-state index contributed by atoms with van der Waals surface area (Å²) in [5.41, 5.74) is 1.31. The minimum atomic E-state index is 0.329. The van der Waals surface area contributed by atoms with Gasteiger partial charge in [-0.25, -0.2) is 0 Å². The maximum Gasteiger partial charge on any atom is 0.122 e. The predicted molar refractivity (Wildman–Crippen MR) is 58.2 cm³/mol. The van der Waals surface area contributed by atoms with Crippen molar-refractivity contribution in [3.63, 3.8) is 0 Å². The molecule has 2 nitrogen and oxygen atoms in total. The molecule has 0 bridgehead atoms. The van der Waals surface area contributed by atoms with E-state index in [0.717, 1.165) is 18.8 Å². The summed E-state index contributed by atoms with van der Waals surface area (Å²) in [6, 6.07) is 0. The Kier molecular flexibility index (Phi) is 2.22. The number of fused-ring (bicyclic) bond motifs is 1. The Morgan fingerprint density at radius 1 is 1.33 bits per heavy atom. The quantitative estimate of drug-likeness (QED) is 0.655. The molecule has 1 fully saturated rings. The molecule has 0 N–H and O–H groups in total. The molecule has 1 heterocycles. The van der Waals surface area contributed by atoms with Gasteiger partial charge in [-0.05, 0) is 12.5 Å². The lowest BCUT2D eigenvalue weighted by molar-refractivity contribution is 0.188. The molecule has 2 heteroatoms. The lowest BCUT2D eigenvalue weighted by atomic mass is 9.87. The predicted octanol–water partition coefficient (Wildman–Crippen LogP) is 2.36. The summed E-state index contributed by atoms with van der Waals surface area (Å²) >= 11 is 0. The van der Waals surface area contributed by atoms with Crippen molar-refractivity contribution in [1.29, 1.82) is 0 Å². The zero-order chi connectivity index (χ0) is 10.1. The van der Waals surface area contributed by atoms with Crippen molar-refractivity contribution in [3.05, 3.63) is 47.8 Å². The number of hydrogen-bond donors (Lipinski definition) is 0. The van der Waals surface area contributed by atoms with E-state index in [4.69, 9.17) is 9.47 Å². The van der Waals surface area contributed by atoms with Crippen LogP contribution in [0.15, 0.2) is 47.8 Å². The lowest BCUT2D eigenvalue weighted by Crippen LogP contribution is -2.11. The van der Waals surface area contributed by atoms with Crippen molar-refractivity contribution in [1.82, 2.24) is 0 Å². The minimum Gasteiger partial charge on any atom is -0.490 e. The van der Waals surface area contributed by atoms with Crippen LogP contribution in [0.3, 0.4) is 0 Å². The van der Waals surface area contributed by atoms with Crippen molar-refractivity contribution in [2.45, 2.75) is 12.5 Å². The van der Waals surface area contributed by atoms with Gasteiger partial charge in [0.05, 0.1) is 6.61 Å². The van der Waals surface area contributed by atoms with Crippen molar-refractivity contribution < 1.29 is 9.47 Å². The van der Waals surface area contributed by atoms with E-state index < -0.39 is 0 Å². The molecule has 0 saturated carbocycles. The molecule has 0 aromatic rings. The molecule has 0 radical (unpaired) electrons. The average Bonchev–Trinajstić information content (AvgIpc) is 3.10. The van der Waals surface area contributed by atoms with Crippen molar-refractivity contribution in [2.24, 2.45) is 5.92 Å². The zero-order valence-electron chi connectivity index (χ0n) is 8.56. The van der Waals surface area contributed by atoms with Gasteiger partial charge in [0, 0.05) is 11.5 Å². The van der Waals surface area contributed by atoms with Gasteiger partial charge in [0.25, 0.3) is 0 Å². The van der Waals surface area contributed by atoms with Gasteiger partial charge in [-0.1, -0.05) is 30.4 Å². The first-order valence-corrected chi connectivity index (χ1v) is 5.43. The fraction of sp³-hybridized carbons (Fsp3) is 0.385. The number of epoxide rings is 1. The summed E-state index contributed by atoms with van der Waals surface area (Å²) in [5.74, 6) is 1.53. The molecule has 15 heavy (non-hydrogen) atoms. The number of rotatable bonds is 3. The standard InChI is InChI=1S/C13H14O2/c1-2-6-12-10(4-1)5-3-7-13(12)15-9-11-8-14-11/h1-4,6-7,10-11H,5,8-9H2. The van der Waals surface area contributed by atoms with Crippen LogP contribution in [0.1, 0.15) is 6.42 Å². The fourth-order valence-corrected chi connectivity index (χ4v) is 1.95. The molecule has 2 aliphatic carbocycles. The van der Waals surface area contributed by atoms with E-state index in [2.05, 4.69) is 36.5 Å². The van der Waals surface area contributed by atoms with Gasteiger partial charge in [-0.3, -0.25) is 0 Å². The maximum absolute atomic E-state index is 5.76. The Labute approximate surface area is 89.6 Å². The molecule has 0 spiro atoms. The summed E-state index contributed by atoms with van der Waals surface area (Å²) in [7, 11) is 0. The van der Waals surface area contributed by atoms with E-state index in [1.165, 1.54) is 5.57 Å². The van der Waals surface area contributed by atoms with Gasteiger partial charge in [-0.15, -0.1) is 0 Å². The first kappa shape index (κ1) is 8.98. The van der Waals surface area contributed by atoms with Crippen LogP contribution in [0.5, 0.6) is 0 Å². The van der Waals surface area contributed by atoms with Crippen molar-refractivity contribution >= 4 is 0 Å². The highest BCUT2D eigenvalue weighted by atomic mass is 16.6. The van der Waals surface area contributed by atoms with E-state index in [9.17, 15) is 0 Å². The summed E-state index contributed by atoms with van der Waals surface area (Å²) in [6.07, 6.45) is 14.2. The van der Waals surface area contributed by atoms with Crippen LogP contribution in [-0.2, 0) is 9.47 Å². The van der Waals surface area contributed by atoms with E-state index >= 15 is 0 Å². The van der Waals surface area contributed by atoms with E-state index in [-0.39, 0.29) is 0 Å². The minimum absolute atomic E-state index is 0.329. The normalized spacial score (nSPS) is 31.7. The van der Waals surface area contributed by atoms with Gasteiger partial charge in [0.15, 0.2) is 0 Å². The Morgan fingerprint density at radius 2 is 2.27 bits per heavy atom. The summed E-state index contributed by atoms with van der Waals surface area (Å²) in [4.78, 5) is 0. The van der Waals surface area contributed by atoms with Crippen LogP contribution in [0.25, 0.3) is 0 Å². The third-order valence-corrected chi connectivity index (χ3v) is 2.90. The van der Waals surface area contributed by atoms with Crippen LogP contribution in [0.4, 0.5) is 0 Å². The Balaban J connectivity index is 1.77. The Hall–Kier alpha value is -1.28. The number of allylic oxidation sites excluding steroid dienone is 7. The van der Waals surface area contributed by atoms with Crippen LogP contribution >= 0.6 is 0 Å². The molecule has 3 rings (SSSR count). The summed E-state index contributed by atoms with van der Waals surface area (Å²) in [5, 5.41) is 0. The third kappa shape index (κ3) is 1.90. The highest BCUT2D eigenvalue weighted by Gasteiger charge is 2.25. The molecule has 0 amide bonds. The molecule has 78 valence electrons. The van der Waals surface area contributed by atoms with Crippen LogP contribution < -0.4 is 0 Å². The van der Waals surface area contributed by atoms with Crippen LogP contribution in [-0.4, -0.2) is 19.3 Å². The molecule has 0 aromatic carbocycles. The van der Waals surface area contributed by atoms with Gasteiger partial charge in [0.1, 0.15) is 18.5 Å². The largest absolute Gasteiger partial charge is 0.490 e. The fourth-order valence-electron chi connectivity index (χ4n) is 1.95. The van der Waals surface area contributed by atoms with Gasteiger partial charge in [-0.2, -0.15) is 0 Å². The topological polar surface area (TPSA) is 21.8 Å². The first-order valence-electron chi connectivity index (χ1n) is 5.43. The Bertz CT molecular complexity index is 370. The van der Waals surface area contributed by atoms with Gasteiger partial charge >= 0.3 is 0 Å². The molecule has 3 aliphatic rings. The summed E-state index contributed by atoms with van der Waals surface area (Å²) in [6.45, 7) is 1.54. The molecular formula is C13H14O2. The molecule has 0 aromatic heterocycles. The molecule has 1 aliphatic heterocycles. The number of ether oxygens (including phenoxy) is 2. The molecular weight excluding hydrogens is 188 g/mol. The highest BCUT2D eigenvalue weighted by Crippen LogP contribution is 2.30. The second-order valence-corrected chi connectivity index (χ2v) is 4.07. The summed E-state index contributed by atoms with van der Waals surface area (Å²) < 4.78 is 10.9. The van der Waals surface area contributed by atoms with Crippen molar-refractivity contribution in [2.75, 3.05) is 13.2 Å². The molecule has 1 saturated heterocycles. The average molecular weight is 202 g/mol. The Morgan fingerprint density at radius 3 is 3.13 bits per heavy atom. The van der Waals surface area contributed by atoms with Crippen LogP contribution in [0.2, 0.25) is 0 Å². The van der Waals surface area contributed by atoms with Crippen LogP contribution in [0, 0.1) is 5.92 Å². The van der Waals surface area contributed by atoms with E-state index in [1.54, 1.807) is 0 Å². The second-order valence-electron chi connectivity index (χ2n) is 4.07.